The van der Waals surface area contributed by atoms with Gasteiger partial charge in [-0.25, -0.2) is 0 Å². The molecule has 1 saturated carbocycles. The fraction of sp³-hybridized carbons (Fsp3) is 0.500. The minimum Gasteiger partial charge on any atom is -0.403 e. The lowest BCUT2D eigenvalue weighted by Crippen LogP contribution is -2.41. The fourth-order valence-electron chi connectivity index (χ4n) is 3.38. The number of rotatable bonds is 2. The van der Waals surface area contributed by atoms with Crippen LogP contribution in [0.5, 0.6) is 0 Å². The zero-order valence-electron chi connectivity index (χ0n) is 13.7. The number of hydrogen-bond donors (Lipinski definition) is 0. The summed E-state index contributed by atoms with van der Waals surface area (Å²) in [6, 6.07) is 10.5. The molecule has 114 valence electrons. The van der Waals surface area contributed by atoms with Crippen LogP contribution in [0.15, 0.2) is 36.5 Å². The predicted molar refractivity (Wildman–Crippen MR) is 88.9 cm³/mol. The second kappa shape index (κ2) is 4.56. The van der Waals surface area contributed by atoms with Crippen LogP contribution in [0.2, 0.25) is 5.82 Å². The second-order valence-electron chi connectivity index (χ2n) is 7.55. The molecule has 0 unspecified atom stereocenters. The average molecular weight is 295 g/mol. The molecule has 22 heavy (non-hydrogen) atoms. The number of pyridine rings is 1. The van der Waals surface area contributed by atoms with Gasteiger partial charge in [0.05, 0.1) is 16.7 Å². The molecule has 0 N–H and O–H groups in total. The molecule has 0 bridgehead atoms. The number of nitrogens with zero attached hydrogens (tertiary/aromatic N) is 1. The summed E-state index contributed by atoms with van der Waals surface area (Å²) >= 11 is 0. The molecule has 1 aliphatic heterocycles. The van der Waals surface area contributed by atoms with E-state index in [1.165, 1.54) is 10.9 Å². The summed E-state index contributed by atoms with van der Waals surface area (Å²) in [7, 11) is -0.0954. The maximum Gasteiger partial charge on any atom is 0.461 e. The Bertz CT molecular complexity index is 707. The average Bonchev–Trinajstić information content (AvgIpc) is 3.21. The van der Waals surface area contributed by atoms with Gasteiger partial charge in [-0.2, -0.15) is 0 Å². The predicted octanol–water partition coefficient (Wildman–Crippen LogP) is 4.18. The maximum absolute atomic E-state index is 6.21. The molecule has 4 rings (SSSR count). The number of hydrogen-bond acceptors (Lipinski definition) is 3. The van der Waals surface area contributed by atoms with Crippen molar-refractivity contribution < 1.29 is 9.31 Å². The molecule has 0 radical (unpaired) electrons. The maximum atomic E-state index is 6.21. The van der Waals surface area contributed by atoms with Gasteiger partial charge < -0.3 is 9.31 Å². The first kappa shape index (κ1) is 14.2. The van der Waals surface area contributed by atoms with Crippen molar-refractivity contribution in [1.82, 2.24) is 4.98 Å². The standard InChI is InChI=1S/C18H22BNO2/c1-17(2)18(3,4)22-19(21-17)15-11-14(15)12-9-10-20-16-8-6-5-7-13(12)16/h5-10,14-15H,11H2,1-4H3/t14-,15+/m1/s1. The summed E-state index contributed by atoms with van der Waals surface area (Å²) in [5, 5.41) is 1.26. The van der Waals surface area contributed by atoms with Crippen LogP contribution in [0.3, 0.4) is 0 Å². The van der Waals surface area contributed by atoms with Gasteiger partial charge in [0.15, 0.2) is 0 Å². The normalized spacial score (nSPS) is 29.0. The quantitative estimate of drug-likeness (QED) is 0.779. The van der Waals surface area contributed by atoms with E-state index >= 15 is 0 Å². The van der Waals surface area contributed by atoms with E-state index in [1.54, 1.807) is 0 Å². The van der Waals surface area contributed by atoms with Crippen LogP contribution < -0.4 is 0 Å². The van der Waals surface area contributed by atoms with Gasteiger partial charge in [0.2, 0.25) is 0 Å². The molecular formula is C18H22BNO2. The minimum absolute atomic E-state index is 0.0954. The molecular weight excluding hydrogens is 273 g/mol. The largest absolute Gasteiger partial charge is 0.461 e. The van der Waals surface area contributed by atoms with Crippen molar-refractivity contribution in [3.63, 3.8) is 0 Å². The zero-order valence-corrected chi connectivity index (χ0v) is 13.7. The Hall–Kier alpha value is -1.39. The lowest BCUT2D eigenvalue weighted by atomic mass is 9.79. The number of benzene rings is 1. The molecule has 2 aliphatic rings. The molecule has 1 aliphatic carbocycles. The van der Waals surface area contributed by atoms with Crippen LogP contribution in [0.4, 0.5) is 0 Å². The van der Waals surface area contributed by atoms with Gasteiger partial charge in [-0.3, -0.25) is 4.98 Å². The summed E-state index contributed by atoms with van der Waals surface area (Å²) < 4.78 is 12.4. The van der Waals surface area contributed by atoms with Gasteiger partial charge in [0.25, 0.3) is 0 Å². The van der Waals surface area contributed by atoms with Crippen LogP contribution in [0.1, 0.15) is 45.6 Å². The molecule has 4 heteroatoms. The fourth-order valence-corrected chi connectivity index (χ4v) is 3.38. The van der Waals surface area contributed by atoms with E-state index in [0.717, 1.165) is 11.9 Å². The minimum atomic E-state index is -0.245. The van der Waals surface area contributed by atoms with E-state index in [0.29, 0.717) is 11.7 Å². The molecule has 2 heterocycles. The Balaban J connectivity index is 1.60. The number of para-hydroxylation sites is 1. The van der Waals surface area contributed by atoms with Crippen molar-refractivity contribution in [2.45, 2.75) is 57.1 Å². The van der Waals surface area contributed by atoms with Crippen LogP contribution in [0, 0.1) is 0 Å². The highest BCUT2D eigenvalue weighted by Crippen LogP contribution is 2.59. The van der Waals surface area contributed by atoms with Gasteiger partial charge in [-0.1, -0.05) is 18.2 Å². The first-order chi connectivity index (χ1) is 10.4. The van der Waals surface area contributed by atoms with Crippen LogP contribution in [-0.2, 0) is 9.31 Å². The Morgan fingerprint density at radius 2 is 1.73 bits per heavy atom. The molecule has 2 aromatic rings. The summed E-state index contributed by atoms with van der Waals surface area (Å²) in [5.74, 6) is 0.967. The molecule has 3 nitrogen and oxygen atoms in total. The lowest BCUT2D eigenvalue weighted by Gasteiger charge is -2.32. The van der Waals surface area contributed by atoms with Crippen molar-refractivity contribution >= 4 is 18.0 Å². The first-order valence-corrected chi connectivity index (χ1v) is 8.08. The molecule has 2 atom stereocenters. The Kier molecular flexibility index (Phi) is 2.95. The molecule has 1 saturated heterocycles. The second-order valence-corrected chi connectivity index (χ2v) is 7.55. The highest BCUT2D eigenvalue weighted by molar-refractivity contribution is 6.49. The SMILES string of the molecule is CC1(C)OB([C@H]2C[C@@H]2c2ccnc3ccccc23)OC1(C)C. The highest BCUT2D eigenvalue weighted by atomic mass is 16.7. The Morgan fingerprint density at radius 3 is 2.45 bits per heavy atom. The summed E-state index contributed by atoms with van der Waals surface area (Å²) in [6.45, 7) is 8.47. The summed E-state index contributed by atoms with van der Waals surface area (Å²) in [4.78, 5) is 4.46. The Morgan fingerprint density at radius 1 is 1.05 bits per heavy atom. The number of fused-ring (bicyclic) bond motifs is 1. The number of aromatic nitrogens is 1. The van der Waals surface area contributed by atoms with Crippen molar-refractivity contribution in [3.8, 4) is 0 Å². The van der Waals surface area contributed by atoms with Crippen LogP contribution in [-0.4, -0.2) is 23.3 Å². The van der Waals surface area contributed by atoms with Crippen LogP contribution in [0.25, 0.3) is 10.9 Å². The van der Waals surface area contributed by atoms with Crippen molar-refractivity contribution in [1.29, 1.82) is 0 Å². The van der Waals surface area contributed by atoms with Gasteiger partial charge in [-0.05, 0) is 57.7 Å². The Labute approximate surface area is 132 Å². The van der Waals surface area contributed by atoms with E-state index in [2.05, 4.69) is 56.9 Å². The van der Waals surface area contributed by atoms with Crippen molar-refractivity contribution in [3.05, 3.63) is 42.1 Å². The van der Waals surface area contributed by atoms with E-state index in [9.17, 15) is 0 Å². The van der Waals surface area contributed by atoms with Gasteiger partial charge >= 0.3 is 7.12 Å². The van der Waals surface area contributed by atoms with Gasteiger partial charge in [-0.15, -0.1) is 0 Å². The smallest absolute Gasteiger partial charge is 0.403 e. The monoisotopic (exact) mass is 295 g/mol. The third kappa shape index (κ3) is 2.09. The van der Waals surface area contributed by atoms with E-state index in [1.807, 2.05) is 12.3 Å². The van der Waals surface area contributed by atoms with Crippen molar-refractivity contribution in [2.24, 2.45) is 0 Å². The zero-order chi connectivity index (χ0) is 15.5. The van der Waals surface area contributed by atoms with Gasteiger partial charge in [0, 0.05) is 17.4 Å². The molecule has 2 fully saturated rings. The van der Waals surface area contributed by atoms with E-state index in [4.69, 9.17) is 9.31 Å². The van der Waals surface area contributed by atoms with E-state index in [-0.39, 0.29) is 18.3 Å². The topological polar surface area (TPSA) is 31.4 Å². The molecule has 0 spiro atoms. The van der Waals surface area contributed by atoms with E-state index < -0.39 is 0 Å². The third-order valence-electron chi connectivity index (χ3n) is 5.54. The van der Waals surface area contributed by atoms with Crippen LogP contribution >= 0.6 is 0 Å². The third-order valence-corrected chi connectivity index (χ3v) is 5.54. The highest BCUT2D eigenvalue weighted by Gasteiger charge is 2.60. The molecule has 1 aromatic carbocycles. The van der Waals surface area contributed by atoms with Gasteiger partial charge in [0.1, 0.15) is 0 Å². The summed E-state index contributed by atoms with van der Waals surface area (Å²) in [6.07, 6.45) is 3.04. The first-order valence-electron chi connectivity index (χ1n) is 8.08. The lowest BCUT2D eigenvalue weighted by molar-refractivity contribution is 0.00578. The molecule has 1 aromatic heterocycles. The molecule has 0 amide bonds. The summed E-state index contributed by atoms with van der Waals surface area (Å²) in [5.41, 5.74) is 1.96. The van der Waals surface area contributed by atoms with Crippen molar-refractivity contribution in [2.75, 3.05) is 0 Å².